The largest absolute Gasteiger partial charge is 0.467 e. The molecule has 20 heavy (non-hydrogen) atoms. The molecule has 1 heterocycles. The molecule has 1 aromatic rings. The van der Waals surface area contributed by atoms with E-state index in [-0.39, 0.29) is 5.91 Å². The fourth-order valence-corrected chi connectivity index (χ4v) is 2.58. The zero-order chi connectivity index (χ0) is 14.5. The number of carbonyl (C=O) groups excluding carboxylic acids is 2. The number of nitrogens with one attached hydrogen (secondary N) is 2. The van der Waals surface area contributed by atoms with Crippen LogP contribution in [-0.4, -0.2) is 35.2 Å². The Morgan fingerprint density at radius 2 is 2.15 bits per heavy atom. The van der Waals surface area contributed by atoms with E-state index in [9.17, 15) is 9.59 Å². The summed E-state index contributed by atoms with van der Waals surface area (Å²) in [6.07, 6.45) is 5.35. The van der Waals surface area contributed by atoms with Gasteiger partial charge in [0.1, 0.15) is 6.04 Å². The second-order valence-electron chi connectivity index (χ2n) is 5.07. The predicted octanol–water partition coefficient (Wildman–Crippen LogP) is 1.36. The van der Waals surface area contributed by atoms with Crippen LogP contribution in [0, 0.1) is 0 Å². The first-order valence-corrected chi connectivity index (χ1v) is 7.12. The Hall–Kier alpha value is -1.85. The van der Waals surface area contributed by atoms with Gasteiger partial charge in [0, 0.05) is 11.3 Å². The summed E-state index contributed by atoms with van der Waals surface area (Å²) >= 11 is 0. The Kier molecular flexibility index (Phi) is 4.76. The number of H-pyrrole nitrogens is 1. The van der Waals surface area contributed by atoms with Crippen LogP contribution in [0.3, 0.4) is 0 Å². The van der Waals surface area contributed by atoms with E-state index in [1.165, 1.54) is 7.11 Å². The molecule has 0 spiro atoms. The highest BCUT2D eigenvalue weighted by atomic mass is 16.5. The third kappa shape index (κ3) is 3.00. The van der Waals surface area contributed by atoms with Crippen molar-refractivity contribution in [1.29, 1.82) is 0 Å². The number of aromatic amines is 1. The van der Waals surface area contributed by atoms with E-state index in [0.29, 0.717) is 12.1 Å². The molecule has 1 amide bonds. The molecule has 0 radical (unpaired) electrons. The second kappa shape index (κ2) is 6.54. The summed E-state index contributed by atoms with van der Waals surface area (Å²) in [5.41, 5.74) is 2.46. The predicted molar refractivity (Wildman–Crippen MR) is 73.4 cm³/mol. The van der Waals surface area contributed by atoms with Gasteiger partial charge in [-0.15, -0.1) is 0 Å². The van der Waals surface area contributed by atoms with E-state index in [1.807, 2.05) is 6.92 Å². The summed E-state index contributed by atoms with van der Waals surface area (Å²) in [6, 6.07) is -0.603. The second-order valence-corrected chi connectivity index (χ2v) is 5.07. The Labute approximate surface area is 118 Å². The molecule has 2 N–H and O–H groups in total. The van der Waals surface area contributed by atoms with Gasteiger partial charge in [-0.3, -0.25) is 9.89 Å². The first kappa shape index (κ1) is 14.6. The van der Waals surface area contributed by atoms with Gasteiger partial charge < -0.3 is 10.1 Å². The van der Waals surface area contributed by atoms with E-state index in [1.54, 1.807) is 0 Å². The van der Waals surface area contributed by atoms with Gasteiger partial charge in [-0.1, -0.05) is 13.3 Å². The SMILES string of the molecule is CCCC(NC(=O)c1n[nH]c2c1CCCC2)C(=O)OC. The van der Waals surface area contributed by atoms with E-state index in [4.69, 9.17) is 4.74 Å². The molecule has 0 bridgehead atoms. The van der Waals surface area contributed by atoms with Crippen LogP contribution in [0.2, 0.25) is 0 Å². The molecular formula is C14H21N3O3. The molecule has 6 nitrogen and oxygen atoms in total. The van der Waals surface area contributed by atoms with E-state index < -0.39 is 12.0 Å². The van der Waals surface area contributed by atoms with E-state index in [0.717, 1.165) is 43.4 Å². The number of esters is 1. The summed E-state index contributed by atoms with van der Waals surface area (Å²) in [4.78, 5) is 23.9. The van der Waals surface area contributed by atoms with Crippen molar-refractivity contribution in [2.24, 2.45) is 0 Å². The van der Waals surface area contributed by atoms with Crippen molar-refractivity contribution in [3.8, 4) is 0 Å². The highest BCUT2D eigenvalue weighted by molar-refractivity contribution is 5.96. The number of hydrogen-bond acceptors (Lipinski definition) is 4. The van der Waals surface area contributed by atoms with E-state index in [2.05, 4.69) is 15.5 Å². The van der Waals surface area contributed by atoms with Crippen LogP contribution in [-0.2, 0) is 22.4 Å². The molecule has 1 unspecified atom stereocenters. The van der Waals surface area contributed by atoms with E-state index >= 15 is 0 Å². The highest BCUT2D eigenvalue weighted by Gasteiger charge is 2.26. The monoisotopic (exact) mass is 279 g/mol. The lowest BCUT2D eigenvalue weighted by Gasteiger charge is -2.16. The van der Waals surface area contributed by atoms with Crippen molar-refractivity contribution < 1.29 is 14.3 Å². The summed E-state index contributed by atoms with van der Waals surface area (Å²) in [6.45, 7) is 1.96. The Morgan fingerprint density at radius 1 is 1.40 bits per heavy atom. The number of aryl methyl sites for hydroxylation is 1. The minimum Gasteiger partial charge on any atom is -0.467 e. The molecule has 0 aliphatic heterocycles. The van der Waals surface area contributed by atoms with Gasteiger partial charge in [0.05, 0.1) is 7.11 Å². The number of hydrogen-bond donors (Lipinski definition) is 2. The van der Waals surface area contributed by atoms with Crippen molar-refractivity contribution >= 4 is 11.9 Å². The van der Waals surface area contributed by atoms with Crippen LogP contribution >= 0.6 is 0 Å². The van der Waals surface area contributed by atoms with Crippen LogP contribution in [0.4, 0.5) is 0 Å². The maximum Gasteiger partial charge on any atom is 0.328 e. The van der Waals surface area contributed by atoms with Gasteiger partial charge in [-0.25, -0.2) is 4.79 Å². The van der Waals surface area contributed by atoms with Gasteiger partial charge in [0.25, 0.3) is 5.91 Å². The number of amides is 1. The van der Waals surface area contributed by atoms with Gasteiger partial charge in [0.15, 0.2) is 5.69 Å². The summed E-state index contributed by atoms with van der Waals surface area (Å²) < 4.78 is 4.71. The average Bonchev–Trinajstić information content (AvgIpc) is 2.90. The van der Waals surface area contributed by atoms with Gasteiger partial charge in [-0.05, 0) is 32.1 Å². The minimum absolute atomic E-state index is 0.298. The Morgan fingerprint density at radius 3 is 2.85 bits per heavy atom. The molecule has 0 saturated heterocycles. The lowest BCUT2D eigenvalue weighted by molar-refractivity contribution is -0.143. The van der Waals surface area contributed by atoms with Crippen LogP contribution < -0.4 is 5.32 Å². The third-order valence-corrected chi connectivity index (χ3v) is 3.64. The number of carbonyl (C=O) groups is 2. The first-order chi connectivity index (χ1) is 9.67. The number of rotatable bonds is 5. The molecule has 1 aliphatic rings. The smallest absolute Gasteiger partial charge is 0.328 e. The molecule has 0 aromatic carbocycles. The molecule has 0 saturated carbocycles. The maximum atomic E-state index is 12.3. The molecule has 6 heteroatoms. The topological polar surface area (TPSA) is 84.1 Å². The first-order valence-electron chi connectivity index (χ1n) is 7.12. The third-order valence-electron chi connectivity index (χ3n) is 3.64. The van der Waals surface area contributed by atoms with Crippen molar-refractivity contribution in [1.82, 2.24) is 15.5 Å². The fourth-order valence-electron chi connectivity index (χ4n) is 2.58. The van der Waals surface area contributed by atoms with Crippen LogP contribution in [0.5, 0.6) is 0 Å². The van der Waals surface area contributed by atoms with Crippen LogP contribution in [0.1, 0.15) is 54.4 Å². The molecule has 1 atom stereocenters. The average molecular weight is 279 g/mol. The number of ether oxygens (including phenoxy) is 1. The standard InChI is InChI=1S/C14H21N3O3/c1-3-6-11(14(19)20-2)15-13(18)12-9-7-4-5-8-10(9)16-17-12/h11H,3-8H2,1-2H3,(H,15,18)(H,16,17). The molecule has 1 aromatic heterocycles. The van der Waals surface area contributed by atoms with Crippen molar-refractivity contribution in [2.45, 2.75) is 51.5 Å². The van der Waals surface area contributed by atoms with Crippen LogP contribution in [0.15, 0.2) is 0 Å². The van der Waals surface area contributed by atoms with Crippen molar-refractivity contribution in [3.05, 3.63) is 17.0 Å². The summed E-state index contributed by atoms with van der Waals surface area (Å²) in [5.74, 6) is -0.710. The van der Waals surface area contributed by atoms with Gasteiger partial charge in [-0.2, -0.15) is 5.10 Å². The molecule has 110 valence electrons. The molecule has 0 fully saturated rings. The van der Waals surface area contributed by atoms with Crippen molar-refractivity contribution in [3.63, 3.8) is 0 Å². The normalized spacial score (nSPS) is 15.3. The highest BCUT2D eigenvalue weighted by Crippen LogP contribution is 2.22. The lowest BCUT2D eigenvalue weighted by atomic mass is 9.95. The fraction of sp³-hybridized carbons (Fsp3) is 0.643. The minimum atomic E-state index is -0.603. The molecule has 1 aliphatic carbocycles. The van der Waals surface area contributed by atoms with Gasteiger partial charge in [0.2, 0.25) is 0 Å². The quantitative estimate of drug-likeness (QED) is 0.797. The molecule has 2 rings (SSSR count). The lowest BCUT2D eigenvalue weighted by Crippen LogP contribution is -2.41. The van der Waals surface area contributed by atoms with Gasteiger partial charge >= 0.3 is 5.97 Å². The van der Waals surface area contributed by atoms with Crippen molar-refractivity contribution in [2.75, 3.05) is 7.11 Å². The van der Waals surface area contributed by atoms with Crippen LogP contribution in [0.25, 0.3) is 0 Å². The zero-order valence-corrected chi connectivity index (χ0v) is 12.0. The number of methoxy groups -OCH3 is 1. The molecular weight excluding hydrogens is 258 g/mol. The summed E-state index contributed by atoms with van der Waals surface area (Å²) in [5, 5.41) is 9.76. The number of nitrogens with zero attached hydrogens (tertiary/aromatic N) is 1. The maximum absolute atomic E-state index is 12.3. The summed E-state index contributed by atoms with van der Waals surface area (Å²) in [7, 11) is 1.33. The number of aromatic nitrogens is 2. The Balaban J connectivity index is 2.10. The zero-order valence-electron chi connectivity index (χ0n) is 12.0. The Bertz CT molecular complexity index is 496. The number of fused-ring (bicyclic) bond motifs is 1.